The van der Waals surface area contributed by atoms with Crippen molar-refractivity contribution >= 4 is 17.7 Å². The van der Waals surface area contributed by atoms with Crippen molar-refractivity contribution in [2.45, 2.75) is 51.7 Å². The molecule has 7 heteroatoms. The lowest BCUT2D eigenvalue weighted by Gasteiger charge is -2.32. The Bertz CT molecular complexity index is 423. The van der Waals surface area contributed by atoms with E-state index in [9.17, 15) is 4.79 Å². The maximum atomic E-state index is 10.6. The first-order valence-corrected chi connectivity index (χ1v) is 6.74. The third kappa shape index (κ3) is 4.29. The number of rotatable bonds is 5. The summed E-state index contributed by atoms with van der Waals surface area (Å²) in [5.41, 5.74) is -0.104. The van der Waals surface area contributed by atoms with Crippen LogP contribution in [0.5, 0.6) is 0 Å². The van der Waals surface area contributed by atoms with E-state index in [0.29, 0.717) is 5.16 Å². The Kier molecular flexibility index (Phi) is 4.37. The van der Waals surface area contributed by atoms with E-state index in [2.05, 4.69) is 50.1 Å². The van der Waals surface area contributed by atoms with E-state index in [4.69, 9.17) is 5.11 Å². The van der Waals surface area contributed by atoms with E-state index >= 15 is 0 Å². The highest BCUT2D eigenvalue weighted by Gasteiger charge is 2.30. The van der Waals surface area contributed by atoms with Crippen LogP contribution in [0.25, 0.3) is 0 Å². The number of hydrogen-bond donors (Lipinski definition) is 1. The number of hydrogen-bond acceptors (Lipinski definition) is 5. The summed E-state index contributed by atoms with van der Waals surface area (Å²) in [6, 6.07) is 0. The van der Waals surface area contributed by atoms with Crippen LogP contribution in [0.3, 0.4) is 0 Å². The minimum Gasteiger partial charge on any atom is -0.481 e. The van der Waals surface area contributed by atoms with Crippen LogP contribution in [-0.2, 0) is 10.3 Å². The maximum Gasteiger partial charge on any atom is 0.313 e. The molecule has 0 unspecified atom stereocenters. The number of aromatic nitrogens is 4. The molecule has 1 heterocycles. The van der Waals surface area contributed by atoms with Gasteiger partial charge in [0.15, 0.2) is 0 Å². The van der Waals surface area contributed by atoms with Crippen molar-refractivity contribution < 1.29 is 9.90 Å². The molecule has 0 radical (unpaired) electrons. The topological polar surface area (TPSA) is 80.9 Å². The highest BCUT2D eigenvalue weighted by Crippen LogP contribution is 2.33. The van der Waals surface area contributed by atoms with Gasteiger partial charge >= 0.3 is 5.97 Å². The second-order valence-electron chi connectivity index (χ2n) is 6.11. The number of carboxylic acids is 1. The summed E-state index contributed by atoms with van der Waals surface area (Å²) in [6.07, 6.45) is 0.895. The molecule has 0 fully saturated rings. The Labute approximate surface area is 111 Å². The van der Waals surface area contributed by atoms with Crippen molar-refractivity contribution in [2.75, 3.05) is 5.75 Å². The minimum absolute atomic E-state index is 0.0357. The summed E-state index contributed by atoms with van der Waals surface area (Å²) in [6.45, 7) is 10.6. The second-order valence-corrected chi connectivity index (χ2v) is 7.05. The molecule has 0 saturated carbocycles. The molecule has 0 atom stereocenters. The molecule has 102 valence electrons. The Balaban J connectivity index is 2.88. The molecule has 1 rings (SSSR count). The SMILES string of the molecule is CC(C)(C)CC(C)(C)n1nnnc1SCC(=O)O. The van der Waals surface area contributed by atoms with E-state index in [1.165, 1.54) is 0 Å². The van der Waals surface area contributed by atoms with E-state index < -0.39 is 5.97 Å². The van der Waals surface area contributed by atoms with Crippen molar-refractivity contribution in [1.29, 1.82) is 0 Å². The van der Waals surface area contributed by atoms with Gasteiger partial charge in [0.1, 0.15) is 0 Å². The molecule has 0 bridgehead atoms. The van der Waals surface area contributed by atoms with Gasteiger partial charge in [-0.1, -0.05) is 32.5 Å². The molecule has 1 aromatic heterocycles. The molecule has 0 aliphatic rings. The standard InChI is InChI=1S/C11H20N4O2S/c1-10(2,3)7-11(4,5)15-9(12-13-14-15)18-6-8(16)17/h6-7H2,1-5H3,(H,16,17). The number of carbonyl (C=O) groups is 1. The fourth-order valence-corrected chi connectivity index (χ4v) is 2.90. The van der Waals surface area contributed by atoms with Gasteiger partial charge in [-0.3, -0.25) is 4.79 Å². The summed E-state index contributed by atoms with van der Waals surface area (Å²) >= 11 is 1.14. The molecule has 18 heavy (non-hydrogen) atoms. The van der Waals surface area contributed by atoms with Gasteiger partial charge in [0.2, 0.25) is 5.16 Å². The van der Waals surface area contributed by atoms with Crippen LogP contribution in [0.1, 0.15) is 41.0 Å². The van der Waals surface area contributed by atoms with Gasteiger partial charge in [-0.15, -0.1) is 5.10 Å². The summed E-state index contributed by atoms with van der Waals surface area (Å²) in [5, 5.41) is 20.8. The lowest BCUT2D eigenvalue weighted by Crippen LogP contribution is -2.33. The zero-order chi connectivity index (χ0) is 14.0. The molecule has 6 nitrogen and oxygen atoms in total. The van der Waals surface area contributed by atoms with Gasteiger partial charge in [0.05, 0.1) is 11.3 Å². The Hall–Kier alpha value is -1.11. The summed E-state index contributed by atoms with van der Waals surface area (Å²) < 4.78 is 1.71. The summed E-state index contributed by atoms with van der Waals surface area (Å²) in [7, 11) is 0. The average molecular weight is 272 g/mol. The number of tetrazole rings is 1. The van der Waals surface area contributed by atoms with Gasteiger partial charge in [-0.2, -0.15) is 0 Å². The van der Waals surface area contributed by atoms with Crippen LogP contribution in [0.15, 0.2) is 5.16 Å². The predicted molar refractivity (Wildman–Crippen MR) is 69.6 cm³/mol. The van der Waals surface area contributed by atoms with E-state index in [-0.39, 0.29) is 16.7 Å². The summed E-state index contributed by atoms with van der Waals surface area (Å²) in [4.78, 5) is 10.6. The van der Waals surface area contributed by atoms with Crippen LogP contribution in [0.4, 0.5) is 0 Å². The number of thioether (sulfide) groups is 1. The average Bonchev–Trinajstić information content (AvgIpc) is 2.58. The molecule has 1 N–H and O–H groups in total. The molecule has 0 aliphatic carbocycles. The van der Waals surface area contributed by atoms with Gasteiger partial charge < -0.3 is 5.11 Å². The normalized spacial score (nSPS) is 12.7. The Morgan fingerprint density at radius 3 is 2.44 bits per heavy atom. The molecule has 0 saturated heterocycles. The highest BCUT2D eigenvalue weighted by atomic mass is 32.2. The van der Waals surface area contributed by atoms with Gasteiger partial charge in [-0.25, -0.2) is 4.68 Å². The number of aliphatic carboxylic acids is 1. The molecule has 0 aromatic carbocycles. The molecular weight excluding hydrogens is 252 g/mol. The monoisotopic (exact) mass is 272 g/mol. The maximum absolute atomic E-state index is 10.6. The zero-order valence-electron chi connectivity index (χ0n) is 11.5. The molecule has 1 aromatic rings. The molecule has 0 aliphatic heterocycles. The van der Waals surface area contributed by atoms with Crippen LogP contribution in [-0.4, -0.2) is 37.0 Å². The van der Waals surface area contributed by atoms with Gasteiger partial charge in [-0.05, 0) is 36.1 Å². The summed E-state index contributed by atoms with van der Waals surface area (Å²) in [5.74, 6) is -0.908. The zero-order valence-corrected chi connectivity index (χ0v) is 12.3. The number of carboxylic acid groups (broad SMARTS) is 1. The van der Waals surface area contributed by atoms with E-state index in [0.717, 1.165) is 18.2 Å². The predicted octanol–water partition coefficient (Wildman–Crippen LogP) is 2.02. The van der Waals surface area contributed by atoms with Crippen LogP contribution in [0.2, 0.25) is 0 Å². The van der Waals surface area contributed by atoms with Crippen molar-refractivity contribution in [1.82, 2.24) is 20.2 Å². The first kappa shape index (κ1) is 14.9. The highest BCUT2D eigenvalue weighted by molar-refractivity contribution is 7.99. The molecular formula is C11H20N4O2S. The Morgan fingerprint density at radius 2 is 1.94 bits per heavy atom. The van der Waals surface area contributed by atoms with Crippen LogP contribution < -0.4 is 0 Å². The first-order valence-electron chi connectivity index (χ1n) is 5.75. The smallest absolute Gasteiger partial charge is 0.313 e. The third-order valence-corrected chi connectivity index (χ3v) is 3.21. The van der Waals surface area contributed by atoms with Crippen LogP contribution >= 0.6 is 11.8 Å². The first-order chi connectivity index (χ1) is 8.12. The lowest BCUT2D eigenvalue weighted by atomic mass is 9.82. The fourth-order valence-electron chi connectivity index (χ4n) is 2.15. The third-order valence-electron chi connectivity index (χ3n) is 2.30. The van der Waals surface area contributed by atoms with E-state index in [1.54, 1.807) is 4.68 Å². The molecule has 0 amide bonds. The fraction of sp³-hybridized carbons (Fsp3) is 0.818. The second kappa shape index (κ2) is 5.26. The van der Waals surface area contributed by atoms with Crippen molar-refractivity contribution in [3.05, 3.63) is 0 Å². The Morgan fingerprint density at radius 1 is 1.33 bits per heavy atom. The van der Waals surface area contributed by atoms with Crippen molar-refractivity contribution in [2.24, 2.45) is 5.41 Å². The largest absolute Gasteiger partial charge is 0.481 e. The van der Waals surface area contributed by atoms with Gasteiger partial charge in [0, 0.05) is 0 Å². The van der Waals surface area contributed by atoms with E-state index in [1.807, 2.05) is 0 Å². The quantitative estimate of drug-likeness (QED) is 0.826. The number of nitrogens with zero attached hydrogens (tertiary/aromatic N) is 4. The van der Waals surface area contributed by atoms with Gasteiger partial charge in [0.25, 0.3) is 0 Å². The minimum atomic E-state index is -0.872. The van der Waals surface area contributed by atoms with Crippen molar-refractivity contribution in [3.8, 4) is 0 Å². The van der Waals surface area contributed by atoms with Crippen molar-refractivity contribution in [3.63, 3.8) is 0 Å². The lowest BCUT2D eigenvalue weighted by molar-refractivity contribution is -0.133. The van der Waals surface area contributed by atoms with Crippen LogP contribution in [0, 0.1) is 5.41 Å². The molecule has 0 spiro atoms.